The molecule has 1 heterocycles. The SMILES string of the molecule is Cc1nc2c(F)c(F)c(F)cc2c(N)c1C. The monoisotopic (exact) mass is 226 g/mol. The predicted octanol–water partition coefficient (Wildman–Crippen LogP) is 2.85. The molecular formula is C11H9F3N2. The molecule has 2 aromatic rings. The molecule has 0 aliphatic heterocycles. The van der Waals surface area contributed by atoms with E-state index in [1.54, 1.807) is 13.8 Å². The number of fused-ring (bicyclic) bond motifs is 1. The summed E-state index contributed by atoms with van der Waals surface area (Å²) in [5, 5.41) is 0.0968. The third kappa shape index (κ3) is 1.31. The average molecular weight is 226 g/mol. The van der Waals surface area contributed by atoms with Crippen LogP contribution in [0.1, 0.15) is 11.3 Å². The van der Waals surface area contributed by atoms with Gasteiger partial charge in [-0.2, -0.15) is 0 Å². The third-order valence-corrected chi connectivity index (χ3v) is 2.65. The maximum atomic E-state index is 13.4. The lowest BCUT2D eigenvalue weighted by atomic mass is 10.1. The molecular weight excluding hydrogens is 217 g/mol. The second-order valence-electron chi connectivity index (χ2n) is 3.62. The number of halogens is 3. The van der Waals surface area contributed by atoms with Gasteiger partial charge in [-0.3, -0.25) is 0 Å². The summed E-state index contributed by atoms with van der Waals surface area (Å²) in [4.78, 5) is 3.88. The number of nitrogens with zero attached hydrogens (tertiary/aromatic N) is 1. The fourth-order valence-electron chi connectivity index (χ4n) is 1.55. The van der Waals surface area contributed by atoms with Gasteiger partial charge in [-0.25, -0.2) is 18.2 Å². The van der Waals surface area contributed by atoms with E-state index in [4.69, 9.17) is 5.73 Å². The Morgan fingerprint density at radius 3 is 2.38 bits per heavy atom. The normalized spacial score (nSPS) is 11.1. The van der Waals surface area contributed by atoms with Gasteiger partial charge < -0.3 is 5.73 Å². The van der Waals surface area contributed by atoms with Crippen LogP contribution in [0.2, 0.25) is 0 Å². The first-order valence-corrected chi connectivity index (χ1v) is 4.63. The smallest absolute Gasteiger partial charge is 0.196 e. The van der Waals surface area contributed by atoms with Crippen molar-refractivity contribution in [1.29, 1.82) is 0 Å². The molecule has 1 aromatic heterocycles. The van der Waals surface area contributed by atoms with Crippen LogP contribution in [-0.2, 0) is 0 Å². The van der Waals surface area contributed by atoms with Gasteiger partial charge in [0, 0.05) is 16.8 Å². The highest BCUT2D eigenvalue weighted by Gasteiger charge is 2.17. The second kappa shape index (κ2) is 3.37. The number of hydrogen-bond acceptors (Lipinski definition) is 2. The summed E-state index contributed by atoms with van der Waals surface area (Å²) in [6, 6.07) is 0.864. The molecule has 2 nitrogen and oxygen atoms in total. The Morgan fingerprint density at radius 2 is 1.75 bits per heavy atom. The maximum Gasteiger partial charge on any atom is 0.196 e. The average Bonchev–Trinajstić information content (AvgIpc) is 2.25. The number of aromatic nitrogens is 1. The minimum Gasteiger partial charge on any atom is -0.398 e. The number of rotatable bonds is 0. The van der Waals surface area contributed by atoms with E-state index in [0.717, 1.165) is 6.07 Å². The topological polar surface area (TPSA) is 38.9 Å². The Bertz CT molecular complexity index is 541. The summed E-state index contributed by atoms with van der Waals surface area (Å²) in [5.41, 5.74) is 6.83. The first kappa shape index (κ1) is 10.7. The van der Waals surface area contributed by atoms with Crippen LogP contribution in [0.3, 0.4) is 0 Å². The number of pyridine rings is 1. The van der Waals surface area contributed by atoms with Crippen LogP contribution < -0.4 is 5.73 Å². The first-order valence-electron chi connectivity index (χ1n) is 4.63. The highest BCUT2D eigenvalue weighted by atomic mass is 19.2. The van der Waals surface area contributed by atoms with Crippen molar-refractivity contribution in [2.45, 2.75) is 13.8 Å². The Kier molecular flexibility index (Phi) is 2.26. The zero-order chi connectivity index (χ0) is 12.0. The Labute approximate surface area is 89.9 Å². The molecule has 0 spiro atoms. The molecule has 16 heavy (non-hydrogen) atoms. The predicted molar refractivity (Wildman–Crippen MR) is 55.5 cm³/mol. The number of nitrogen functional groups attached to an aromatic ring is 1. The summed E-state index contributed by atoms with van der Waals surface area (Å²) in [6.07, 6.45) is 0. The minimum atomic E-state index is -1.53. The van der Waals surface area contributed by atoms with Gasteiger partial charge >= 0.3 is 0 Å². The quantitative estimate of drug-likeness (QED) is 0.701. The van der Waals surface area contributed by atoms with Crippen molar-refractivity contribution in [2.75, 3.05) is 5.73 Å². The number of aryl methyl sites for hydroxylation is 1. The van der Waals surface area contributed by atoms with E-state index in [1.807, 2.05) is 0 Å². The van der Waals surface area contributed by atoms with Crippen molar-refractivity contribution in [3.63, 3.8) is 0 Å². The van der Waals surface area contributed by atoms with Gasteiger partial charge in [0.1, 0.15) is 5.52 Å². The summed E-state index contributed by atoms with van der Waals surface area (Å²) in [7, 11) is 0. The van der Waals surface area contributed by atoms with Gasteiger partial charge in [-0.1, -0.05) is 0 Å². The second-order valence-corrected chi connectivity index (χ2v) is 3.62. The van der Waals surface area contributed by atoms with Gasteiger partial charge in [0.05, 0.1) is 0 Å². The Balaban J connectivity index is 3.02. The number of benzene rings is 1. The van der Waals surface area contributed by atoms with Crippen molar-refractivity contribution in [3.05, 3.63) is 34.8 Å². The van der Waals surface area contributed by atoms with Crippen LogP contribution in [0.15, 0.2) is 6.07 Å². The zero-order valence-corrected chi connectivity index (χ0v) is 8.74. The van der Waals surface area contributed by atoms with E-state index in [1.165, 1.54) is 0 Å². The molecule has 0 fully saturated rings. The van der Waals surface area contributed by atoms with Crippen molar-refractivity contribution in [2.24, 2.45) is 0 Å². The Hall–Kier alpha value is -1.78. The molecule has 0 aliphatic rings. The molecule has 1 aromatic carbocycles. The van der Waals surface area contributed by atoms with Gasteiger partial charge in [0.25, 0.3) is 0 Å². The van der Waals surface area contributed by atoms with Crippen LogP contribution in [-0.4, -0.2) is 4.98 Å². The molecule has 84 valence electrons. The van der Waals surface area contributed by atoms with Crippen LogP contribution in [0.5, 0.6) is 0 Å². The standard InChI is InChI=1S/C11H9F3N2/c1-4-5(2)16-11-6(10(4)15)3-7(12)8(13)9(11)14/h3H,1-2H3,(H2,15,16). The van der Waals surface area contributed by atoms with E-state index < -0.39 is 17.5 Å². The molecule has 0 amide bonds. The fourth-order valence-corrected chi connectivity index (χ4v) is 1.55. The Morgan fingerprint density at radius 1 is 1.12 bits per heavy atom. The molecule has 0 unspecified atom stereocenters. The number of hydrogen-bond donors (Lipinski definition) is 1. The summed E-state index contributed by atoms with van der Waals surface area (Å²) in [5.74, 6) is -4.09. The van der Waals surface area contributed by atoms with E-state index in [9.17, 15) is 13.2 Å². The van der Waals surface area contributed by atoms with Gasteiger partial charge in [-0.05, 0) is 25.5 Å². The van der Waals surface area contributed by atoms with Crippen molar-refractivity contribution in [3.8, 4) is 0 Å². The molecule has 0 bridgehead atoms. The molecule has 2 rings (SSSR count). The first-order chi connectivity index (χ1) is 7.43. The highest BCUT2D eigenvalue weighted by Crippen LogP contribution is 2.29. The molecule has 2 N–H and O–H groups in total. The minimum absolute atomic E-state index is 0.0968. The summed E-state index contributed by atoms with van der Waals surface area (Å²) in [6.45, 7) is 3.32. The van der Waals surface area contributed by atoms with Crippen LogP contribution >= 0.6 is 0 Å². The lowest BCUT2D eigenvalue weighted by Crippen LogP contribution is -2.02. The lowest BCUT2D eigenvalue weighted by Gasteiger charge is -2.09. The summed E-state index contributed by atoms with van der Waals surface area (Å²) >= 11 is 0. The van der Waals surface area contributed by atoms with Crippen molar-refractivity contribution in [1.82, 2.24) is 4.98 Å². The van der Waals surface area contributed by atoms with E-state index in [0.29, 0.717) is 11.3 Å². The molecule has 0 aliphatic carbocycles. The highest BCUT2D eigenvalue weighted by molar-refractivity contribution is 5.92. The lowest BCUT2D eigenvalue weighted by molar-refractivity contribution is 0.452. The maximum absolute atomic E-state index is 13.4. The van der Waals surface area contributed by atoms with Crippen LogP contribution in [0, 0.1) is 31.3 Å². The zero-order valence-electron chi connectivity index (χ0n) is 8.74. The van der Waals surface area contributed by atoms with Crippen molar-refractivity contribution < 1.29 is 13.2 Å². The fraction of sp³-hybridized carbons (Fsp3) is 0.182. The van der Waals surface area contributed by atoms with Gasteiger partial charge in [-0.15, -0.1) is 0 Å². The van der Waals surface area contributed by atoms with Crippen LogP contribution in [0.25, 0.3) is 10.9 Å². The molecule has 5 heteroatoms. The molecule has 0 saturated carbocycles. The summed E-state index contributed by atoms with van der Waals surface area (Å²) < 4.78 is 39.4. The van der Waals surface area contributed by atoms with Gasteiger partial charge in [0.2, 0.25) is 0 Å². The molecule has 0 atom stereocenters. The number of anilines is 1. The van der Waals surface area contributed by atoms with Gasteiger partial charge in [0.15, 0.2) is 17.5 Å². The van der Waals surface area contributed by atoms with Crippen molar-refractivity contribution >= 4 is 16.6 Å². The third-order valence-electron chi connectivity index (χ3n) is 2.65. The number of nitrogens with two attached hydrogens (primary N) is 1. The molecule has 0 saturated heterocycles. The molecule has 0 radical (unpaired) electrons. The van der Waals surface area contributed by atoms with E-state index in [-0.39, 0.29) is 16.6 Å². The van der Waals surface area contributed by atoms with E-state index >= 15 is 0 Å². The van der Waals surface area contributed by atoms with Crippen LogP contribution in [0.4, 0.5) is 18.9 Å². The van der Waals surface area contributed by atoms with E-state index in [2.05, 4.69) is 4.98 Å². The largest absolute Gasteiger partial charge is 0.398 e.